The molecule has 2 fully saturated rings. The summed E-state index contributed by atoms with van der Waals surface area (Å²) in [7, 11) is 0. The summed E-state index contributed by atoms with van der Waals surface area (Å²) in [5, 5.41) is 9.91. The largest absolute Gasteiger partial charge is 0.396 e. The van der Waals surface area contributed by atoms with Gasteiger partial charge in [0.2, 0.25) is 11.8 Å². The van der Waals surface area contributed by atoms with Crippen LogP contribution in [0.3, 0.4) is 0 Å². The molecule has 2 saturated heterocycles. The van der Waals surface area contributed by atoms with E-state index < -0.39 is 0 Å². The van der Waals surface area contributed by atoms with Crippen LogP contribution in [0.15, 0.2) is 24.3 Å². The quantitative estimate of drug-likeness (QED) is 0.899. The first-order valence-corrected chi connectivity index (χ1v) is 8.32. The number of rotatable bonds is 3. The van der Waals surface area contributed by atoms with Gasteiger partial charge >= 0.3 is 0 Å². The third kappa shape index (κ3) is 3.15. The van der Waals surface area contributed by atoms with Crippen LogP contribution < -0.4 is 0 Å². The van der Waals surface area contributed by atoms with Gasteiger partial charge in [0, 0.05) is 44.4 Å². The summed E-state index contributed by atoms with van der Waals surface area (Å²) >= 11 is 0. The summed E-state index contributed by atoms with van der Waals surface area (Å²) in [5.41, 5.74) is 0.476. The Kier molecular flexibility index (Phi) is 4.58. The predicted octanol–water partition coefficient (Wildman–Crippen LogP) is 1.06. The zero-order chi connectivity index (χ0) is 17.3. The number of aliphatic hydroxyl groups excluding tert-OH is 1. The maximum Gasteiger partial charge on any atom is 0.227 e. The summed E-state index contributed by atoms with van der Waals surface area (Å²) in [6.45, 7) is 3.90. The van der Waals surface area contributed by atoms with Gasteiger partial charge in [-0.2, -0.15) is 0 Å². The lowest BCUT2D eigenvalue weighted by Crippen LogP contribution is -2.50. The van der Waals surface area contributed by atoms with Crippen LogP contribution in [-0.4, -0.2) is 59.5 Å². The number of hydrogen-bond donors (Lipinski definition) is 1. The molecule has 2 aliphatic heterocycles. The van der Waals surface area contributed by atoms with Gasteiger partial charge < -0.3 is 14.9 Å². The standard InChI is InChI=1S/C18H23FN2O3/c1-13(23)20-7-6-18(12-22)11-21(10-15(18)9-20)17(24)8-14-2-4-16(19)5-3-14/h2-5,15,22H,6-12H2,1H3. The number of piperidine rings is 1. The minimum atomic E-state index is -0.318. The van der Waals surface area contributed by atoms with Gasteiger partial charge in [0.15, 0.2) is 0 Å². The Morgan fingerprint density at radius 3 is 2.54 bits per heavy atom. The number of halogens is 1. The molecule has 0 saturated carbocycles. The van der Waals surface area contributed by atoms with Crippen LogP contribution in [0.25, 0.3) is 0 Å². The molecule has 2 heterocycles. The Bertz CT molecular complexity index is 634. The maximum atomic E-state index is 13.0. The molecule has 2 atom stereocenters. The number of carbonyl (C=O) groups excluding carboxylic acids is 2. The third-order valence-electron chi connectivity index (χ3n) is 5.51. The zero-order valence-corrected chi connectivity index (χ0v) is 13.9. The van der Waals surface area contributed by atoms with Crippen molar-refractivity contribution < 1.29 is 19.1 Å². The fraction of sp³-hybridized carbons (Fsp3) is 0.556. The van der Waals surface area contributed by atoms with Crippen molar-refractivity contribution >= 4 is 11.8 Å². The van der Waals surface area contributed by atoms with Gasteiger partial charge in [-0.1, -0.05) is 12.1 Å². The highest BCUT2D eigenvalue weighted by molar-refractivity contribution is 5.79. The molecule has 3 rings (SSSR count). The van der Waals surface area contributed by atoms with Crippen LogP contribution in [0.4, 0.5) is 4.39 Å². The summed E-state index contributed by atoms with van der Waals surface area (Å²) in [4.78, 5) is 27.8. The first kappa shape index (κ1) is 16.9. The van der Waals surface area contributed by atoms with E-state index >= 15 is 0 Å². The van der Waals surface area contributed by atoms with Crippen molar-refractivity contribution in [3.05, 3.63) is 35.6 Å². The maximum absolute atomic E-state index is 13.0. The number of amides is 2. The molecule has 2 unspecified atom stereocenters. The van der Waals surface area contributed by atoms with E-state index in [9.17, 15) is 19.1 Å². The number of carbonyl (C=O) groups is 2. The van der Waals surface area contributed by atoms with Crippen molar-refractivity contribution in [3.8, 4) is 0 Å². The molecule has 0 spiro atoms. The molecule has 0 radical (unpaired) electrons. The number of benzene rings is 1. The van der Waals surface area contributed by atoms with Crippen LogP contribution in [0.5, 0.6) is 0 Å². The molecular formula is C18H23FN2O3. The van der Waals surface area contributed by atoms with E-state index in [1.807, 2.05) is 0 Å². The van der Waals surface area contributed by atoms with Crippen LogP contribution in [-0.2, 0) is 16.0 Å². The monoisotopic (exact) mass is 334 g/mol. The van der Waals surface area contributed by atoms with Crippen molar-refractivity contribution in [1.29, 1.82) is 0 Å². The minimum absolute atomic E-state index is 0.0155. The van der Waals surface area contributed by atoms with E-state index in [1.54, 1.807) is 28.9 Å². The summed E-state index contributed by atoms with van der Waals surface area (Å²) < 4.78 is 13.0. The van der Waals surface area contributed by atoms with Gasteiger partial charge in [-0.05, 0) is 24.1 Å². The number of likely N-dealkylation sites (tertiary alicyclic amines) is 2. The number of nitrogens with zero attached hydrogens (tertiary/aromatic N) is 2. The lowest BCUT2D eigenvalue weighted by molar-refractivity contribution is -0.133. The van der Waals surface area contributed by atoms with Gasteiger partial charge in [0.1, 0.15) is 5.82 Å². The van der Waals surface area contributed by atoms with Crippen molar-refractivity contribution in [2.24, 2.45) is 11.3 Å². The molecule has 0 bridgehead atoms. The Morgan fingerprint density at radius 2 is 1.92 bits per heavy atom. The summed E-state index contributed by atoms with van der Waals surface area (Å²) in [6.07, 6.45) is 0.943. The second kappa shape index (κ2) is 6.51. The molecule has 1 aromatic carbocycles. The molecule has 1 N–H and O–H groups in total. The average Bonchev–Trinajstić information content (AvgIpc) is 2.96. The highest BCUT2D eigenvalue weighted by Crippen LogP contribution is 2.42. The summed E-state index contributed by atoms with van der Waals surface area (Å²) in [5.74, 6) is -0.185. The fourth-order valence-corrected chi connectivity index (χ4v) is 3.91. The van der Waals surface area contributed by atoms with E-state index in [0.29, 0.717) is 32.6 Å². The minimum Gasteiger partial charge on any atom is -0.396 e. The average molecular weight is 334 g/mol. The fourth-order valence-electron chi connectivity index (χ4n) is 3.91. The SMILES string of the molecule is CC(=O)N1CCC2(CO)CN(C(=O)Cc3ccc(F)cc3)CC2C1. The van der Waals surface area contributed by atoms with Crippen LogP contribution in [0.2, 0.25) is 0 Å². The molecule has 2 amide bonds. The summed E-state index contributed by atoms with van der Waals surface area (Å²) in [6, 6.07) is 5.95. The number of aliphatic hydroxyl groups is 1. The first-order chi connectivity index (χ1) is 11.4. The molecule has 130 valence electrons. The van der Waals surface area contributed by atoms with Crippen molar-refractivity contribution in [3.63, 3.8) is 0 Å². The lowest BCUT2D eigenvalue weighted by Gasteiger charge is -2.41. The Hall–Kier alpha value is -1.95. The van der Waals surface area contributed by atoms with E-state index in [4.69, 9.17) is 0 Å². The molecule has 1 aromatic rings. The van der Waals surface area contributed by atoms with Crippen molar-refractivity contribution in [2.75, 3.05) is 32.8 Å². The van der Waals surface area contributed by atoms with Crippen molar-refractivity contribution in [1.82, 2.24) is 9.80 Å². The van der Waals surface area contributed by atoms with Gasteiger partial charge in [-0.25, -0.2) is 4.39 Å². The van der Waals surface area contributed by atoms with Crippen LogP contribution >= 0.6 is 0 Å². The molecule has 0 aliphatic carbocycles. The van der Waals surface area contributed by atoms with E-state index in [2.05, 4.69) is 0 Å². The molecule has 24 heavy (non-hydrogen) atoms. The van der Waals surface area contributed by atoms with Gasteiger partial charge in [-0.3, -0.25) is 9.59 Å². The Morgan fingerprint density at radius 1 is 1.25 bits per heavy atom. The molecule has 6 heteroatoms. The highest BCUT2D eigenvalue weighted by atomic mass is 19.1. The predicted molar refractivity (Wildman–Crippen MR) is 86.6 cm³/mol. The van der Waals surface area contributed by atoms with Crippen molar-refractivity contribution in [2.45, 2.75) is 19.8 Å². The second-order valence-corrected chi connectivity index (χ2v) is 7.01. The van der Waals surface area contributed by atoms with Crippen LogP contribution in [0.1, 0.15) is 18.9 Å². The number of fused-ring (bicyclic) bond motifs is 1. The lowest BCUT2D eigenvalue weighted by atomic mass is 9.73. The zero-order valence-electron chi connectivity index (χ0n) is 13.9. The topological polar surface area (TPSA) is 60.9 Å². The third-order valence-corrected chi connectivity index (χ3v) is 5.51. The Labute approximate surface area is 141 Å². The van der Waals surface area contributed by atoms with Crippen LogP contribution in [0, 0.1) is 17.2 Å². The normalized spacial score (nSPS) is 26.4. The van der Waals surface area contributed by atoms with Gasteiger partial charge in [-0.15, -0.1) is 0 Å². The second-order valence-electron chi connectivity index (χ2n) is 7.01. The van der Waals surface area contributed by atoms with E-state index in [-0.39, 0.29) is 42.0 Å². The smallest absolute Gasteiger partial charge is 0.227 e. The first-order valence-electron chi connectivity index (χ1n) is 8.32. The molecule has 2 aliphatic rings. The van der Waals surface area contributed by atoms with Gasteiger partial charge in [0.05, 0.1) is 13.0 Å². The van der Waals surface area contributed by atoms with Gasteiger partial charge in [0.25, 0.3) is 0 Å². The Balaban J connectivity index is 1.69. The molecule has 5 nitrogen and oxygen atoms in total. The van der Waals surface area contributed by atoms with E-state index in [0.717, 1.165) is 5.56 Å². The molecular weight excluding hydrogens is 311 g/mol. The number of hydrogen-bond acceptors (Lipinski definition) is 3. The van der Waals surface area contributed by atoms with E-state index in [1.165, 1.54) is 12.1 Å². The highest BCUT2D eigenvalue weighted by Gasteiger charge is 2.50. The molecule has 0 aromatic heterocycles.